The van der Waals surface area contributed by atoms with E-state index in [1.807, 2.05) is 18.2 Å². The molecule has 0 saturated heterocycles. The quantitative estimate of drug-likeness (QED) is 0.592. The topological polar surface area (TPSA) is 68.9 Å². The molecule has 3 aromatic rings. The second kappa shape index (κ2) is 5.83. The largest absolute Gasteiger partial charge is 0.369 e. The Morgan fingerprint density at radius 1 is 1.29 bits per heavy atom. The van der Waals surface area contributed by atoms with E-state index in [0.717, 1.165) is 25.7 Å². The fourth-order valence-corrected chi connectivity index (χ4v) is 3.81. The highest BCUT2D eigenvalue weighted by Gasteiger charge is 2.16. The standard InChI is InChI=1S/C15H13N3OS2/c1-9(13(16)19)20-14-11-7-12(10-5-3-2-4-6-10)21-15(11)18-8-17-14/h2-9H,1H3,(H2,16,19)/t9-/m1/s1. The van der Waals surface area contributed by atoms with E-state index in [0.29, 0.717) is 0 Å². The second-order valence-corrected chi connectivity index (χ2v) is 6.90. The molecular weight excluding hydrogens is 302 g/mol. The summed E-state index contributed by atoms with van der Waals surface area (Å²) in [7, 11) is 0. The highest BCUT2D eigenvalue weighted by atomic mass is 32.2. The van der Waals surface area contributed by atoms with Crippen LogP contribution >= 0.6 is 23.1 Å². The van der Waals surface area contributed by atoms with E-state index in [1.165, 1.54) is 18.1 Å². The van der Waals surface area contributed by atoms with Crippen LogP contribution in [0.2, 0.25) is 0 Å². The second-order valence-electron chi connectivity index (χ2n) is 4.54. The van der Waals surface area contributed by atoms with Crippen LogP contribution in [0, 0.1) is 0 Å². The monoisotopic (exact) mass is 315 g/mol. The van der Waals surface area contributed by atoms with Gasteiger partial charge in [0.1, 0.15) is 16.2 Å². The third kappa shape index (κ3) is 2.91. The summed E-state index contributed by atoms with van der Waals surface area (Å²) in [5.41, 5.74) is 6.48. The van der Waals surface area contributed by atoms with Gasteiger partial charge < -0.3 is 5.73 Å². The molecule has 106 valence electrons. The Balaban J connectivity index is 2.04. The van der Waals surface area contributed by atoms with Crippen LogP contribution < -0.4 is 5.73 Å². The Bertz CT molecular complexity index is 786. The maximum absolute atomic E-state index is 11.2. The van der Waals surface area contributed by atoms with Crippen molar-refractivity contribution < 1.29 is 4.79 Å². The van der Waals surface area contributed by atoms with E-state index in [9.17, 15) is 4.79 Å². The molecular formula is C15H13N3OS2. The molecule has 1 aromatic carbocycles. The van der Waals surface area contributed by atoms with Crippen molar-refractivity contribution in [3.8, 4) is 10.4 Å². The maximum Gasteiger partial charge on any atom is 0.230 e. The van der Waals surface area contributed by atoms with E-state index in [-0.39, 0.29) is 11.2 Å². The fourth-order valence-electron chi connectivity index (χ4n) is 1.90. The van der Waals surface area contributed by atoms with E-state index in [1.54, 1.807) is 18.3 Å². The summed E-state index contributed by atoms with van der Waals surface area (Å²) in [5.74, 6) is -0.342. The molecule has 1 amide bonds. The number of aromatic nitrogens is 2. The SMILES string of the molecule is C[C@@H](Sc1ncnc2sc(-c3ccccc3)cc12)C(N)=O. The molecule has 0 bridgehead atoms. The van der Waals surface area contributed by atoms with Crippen LogP contribution in [0.15, 0.2) is 47.8 Å². The van der Waals surface area contributed by atoms with Crippen molar-refractivity contribution in [2.75, 3.05) is 0 Å². The number of carbonyl (C=O) groups is 1. The van der Waals surface area contributed by atoms with E-state index in [4.69, 9.17) is 5.73 Å². The molecule has 0 unspecified atom stereocenters. The summed E-state index contributed by atoms with van der Waals surface area (Å²) in [6.07, 6.45) is 1.53. The fraction of sp³-hybridized carbons (Fsp3) is 0.133. The molecule has 0 fully saturated rings. The Morgan fingerprint density at radius 3 is 2.76 bits per heavy atom. The van der Waals surface area contributed by atoms with Crippen molar-refractivity contribution in [3.05, 3.63) is 42.7 Å². The smallest absolute Gasteiger partial charge is 0.230 e. The number of primary amides is 1. The van der Waals surface area contributed by atoms with Crippen LogP contribution in [0.25, 0.3) is 20.7 Å². The molecule has 0 radical (unpaired) electrons. The van der Waals surface area contributed by atoms with Gasteiger partial charge in [-0.3, -0.25) is 4.79 Å². The molecule has 2 heterocycles. The Labute approximate surface area is 130 Å². The van der Waals surface area contributed by atoms with Crippen LogP contribution in [0.4, 0.5) is 0 Å². The van der Waals surface area contributed by atoms with Crippen LogP contribution in [0.1, 0.15) is 6.92 Å². The van der Waals surface area contributed by atoms with Crippen LogP contribution in [0.3, 0.4) is 0 Å². The zero-order valence-corrected chi connectivity index (χ0v) is 12.9. The van der Waals surface area contributed by atoms with E-state index in [2.05, 4.69) is 28.2 Å². The summed E-state index contributed by atoms with van der Waals surface area (Å²) < 4.78 is 0. The van der Waals surface area contributed by atoms with Gasteiger partial charge in [0.2, 0.25) is 5.91 Å². The Hall–Kier alpha value is -1.92. The van der Waals surface area contributed by atoms with Gasteiger partial charge in [-0.2, -0.15) is 0 Å². The number of thiophene rings is 1. The number of hydrogen-bond acceptors (Lipinski definition) is 5. The van der Waals surface area contributed by atoms with Gasteiger partial charge in [0, 0.05) is 10.3 Å². The molecule has 0 aliphatic rings. The lowest BCUT2D eigenvalue weighted by atomic mass is 10.2. The summed E-state index contributed by atoms with van der Waals surface area (Å²) in [5, 5.41) is 1.45. The normalized spacial score (nSPS) is 12.4. The average Bonchev–Trinajstić information content (AvgIpc) is 2.93. The van der Waals surface area contributed by atoms with Crippen molar-refractivity contribution in [1.29, 1.82) is 0 Å². The minimum Gasteiger partial charge on any atom is -0.369 e. The average molecular weight is 315 g/mol. The van der Waals surface area contributed by atoms with E-state index < -0.39 is 0 Å². The molecule has 21 heavy (non-hydrogen) atoms. The minimum absolute atomic E-state index is 0.317. The first-order valence-corrected chi connectivity index (χ1v) is 8.10. The number of fused-ring (bicyclic) bond motifs is 1. The van der Waals surface area contributed by atoms with Crippen molar-refractivity contribution in [1.82, 2.24) is 9.97 Å². The van der Waals surface area contributed by atoms with Crippen LogP contribution in [0.5, 0.6) is 0 Å². The van der Waals surface area contributed by atoms with Gasteiger partial charge in [0.15, 0.2) is 0 Å². The maximum atomic E-state index is 11.2. The van der Waals surface area contributed by atoms with Crippen molar-refractivity contribution in [2.45, 2.75) is 17.2 Å². The number of benzene rings is 1. The van der Waals surface area contributed by atoms with Gasteiger partial charge >= 0.3 is 0 Å². The predicted octanol–water partition coefficient (Wildman–Crippen LogP) is 3.32. The lowest BCUT2D eigenvalue weighted by Gasteiger charge is -2.06. The highest BCUT2D eigenvalue weighted by molar-refractivity contribution is 8.00. The third-order valence-corrected chi connectivity index (χ3v) is 5.27. The van der Waals surface area contributed by atoms with Crippen molar-refractivity contribution >= 4 is 39.2 Å². The van der Waals surface area contributed by atoms with Gasteiger partial charge in [-0.15, -0.1) is 11.3 Å². The first-order valence-electron chi connectivity index (χ1n) is 6.41. The van der Waals surface area contributed by atoms with Gasteiger partial charge in [0.25, 0.3) is 0 Å². The molecule has 2 N–H and O–H groups in total. The zero-order chi connectivity index (χ0) is 14.8. The van der Waals surface area contributed by atoms with Crippen molar-refractivity contribution in [3.63, 3.8) is 0 Å². The first kappa shape index (κ1) is 14.0. The molecule has 0 saturated carbocycles. The van der Waals surface area contributed by atoms with Gasteiger partial charge in [-0.1, -0.05) is 42.1 Å². The summed E-state index contributed by atoms with van der Waals surface area (Å²) in [6, 6.07) is 12.2. The van der Waals surface area contributed by atoms with Gasteiger partial charge in [-0.25, -0.2) is 9.97 Å². The lowest BCUT2D eigenvalue weighted by Crippen LogP contribution is -2.22. The summed E-state index contributed by atoms with van der Waals surface area (Å²) in [6.45, 7) is 1.78. The van der Waals surface area contributed by atoms with Gasteiger partial charge in [-0.05, 0) is 18.6 Å². The third-order valence-electron chi connectivity index (χ3n) is 3.04. The minimum atomic E-state index is -0.342. The molecule has 3 rings (SSSR count). The number of nitrogens with two attached hydrogens (primary N) is 1. The highest BCUT2D eigenvalue weighted by Crippen LogP contribution is 2.36. The molecule has 1 atom stereocenters. The Morgan fingerprint density at radius 2 is 2.05 bits per heavy atom. The number of carbonyl (C=O) groups excluding carboxylic acids is 1. The summed E-state index contributed by atoms with van der Waals surface area (Å²) >= 11 is 2.99. The molecule has 2 aromatic heterocycles. The van der Waals surface area contributed by atoms with E-state index >= 15 is 0 Å². The Kier molecular flexibility index (Phi) is 3.90. The van der Waals surface area contributed by atoms with Gasteiger partial charge in [0.05, 0.1) is 5.25 Å². The molecule has 6 heteroatoms. The van der Waals surface area contributed by atoms with Crippen LogP contribution in [-0.2, 0) is 4.79 Å². The summed E-state index contributed by atoms with van der Waals surface area (Å²) in [4.78, 5) is 21.9. The number of amides is 1. The molecule has 0 aliphatic heterocycles. The molecule has 0 aliphatic carbocycles. The molecule has 0 spiro atoms. The zero-order valence-electron chi connectivity index (χ0n) is 11.3. The number of rotatable bonds is 4. The molecule has 4 nitrogen and oxygen atoms in total. The number of thioether (sulfide) groups is 1. The number of nitrogens with zero attached hydrogens (tertiary/aromatic N) is 2. The van der Waals surface area contributed by atoms with Crippen LogP contribution in [-0.4, -0.2) is 21.1 Å². The first-order chi connectivity index (χ1) is 10.1. The van der Waals surface area contributed by atoms with Crippen molar-refractivity contribution in [2.24, 2.45) is 5.73 Å². The number of hydrogen-bond donors (Lipinski definition) is 1. The lowest BCUT2D eigenvalue weighted by molar-refractivity contribution is -0.117. The predicted molar refractivity (Wildman–Crippen MR) is 87.4 cm³/mol.